The van der Waals surface area contributed by atoms with Gasteiger partial charge in [0.05, 0.1) is 11.4 Å². The maximum atomic E-state index is 5.16. The van der Waals surface area contributed by atoms with Gasteiger partial charge in [-0.2, -0.15) is 0 Å². The van der Waals surface area contributed by atoms with E-state index in [9.17, 15) is 0 Å². The van der Waals surface area contributed by atoms with Gasteiger partial charge in [-0.1, -0.05) is 6.42 Å². The van der Waals surface area contributed by atoms with Crippen molar-refractivity contribution in [1.29, 1.82) is 0 Å². The maximum absolute atomic E-state index is 5.16. The smallest absolute Gasteiger partial charge is 0.154 e. The molecule has 0 bridgehead atoms. The number of fused-ring (bicyclic) bond motifs is 1. The van der Waals surface area contributed by atoms with Crippen LogP contribution < -0.4 is 5.32 Å². The summed E-state index contributed by atoms with van der Waals surface area (Å²) in [6.45, 7) is 2.50. The third-order valence-corrected chi connectivity index (χ3v) is 3.78. The number of hydrogen-bond donors (Lipinski definition) is 1. The monoisotopic (exact) mass is 233 g/mol. The van der Waals surface area contributed by atoms with E-state index in [2.05, 4.69) is 10.3 Å². The van der Waals surface area contributed by atoms with Gasteiger partial charge in [-0.3, -0.25) is 0 Å². The Labute approximate surface area is 102 Å². The molecule has 3 rings (SSSR count). The lowest BCUT2D eigenvalue weighted by molar-refractivity contribution is 0.176. The highest BCUT2D eigenvalue weighted by molar-refractivity contribution is 5.31. The molecular weight excluding hydrogens is 214 g/mol. The molecule has 1 aliphatic heterocycles. The molecular formula is C13H19N3O. The van der Waals surface area contributed by atoms with Crippen LogP contribution in [0.2, 0.25) is 0 Å². The summed E-state index contributed by atoms with van der Waals surface area (Å²) >= 11 is 0. The highest BCUT2D eigenvalue weighted by atomic mass is 16.5. The van der Waals surface area contributed by atoms with Crippen LogP contribution in [-0.4, -0.2) is 23.6 Å². The van der Waals surface area contributed by atoms with Crippen molar-refractivity contribution in [3.05, 3.63) is 22.8 Å². The van der Waals surface area contributed by atoms with Crippen LogP contribution in [0.3, 0.4) is 0 Å². The van der Waals surface area contributed by atoms with Crippen molar-refractivity contribution < 1.29 is 4.74 Å². The molecule has 0 amide bonds. The molecule has 17 heavy (non-hydrogen) atoms. The second kappa shape index (κ2) is 4.70. The lowest BCUT2D eigenvalue weighted by Crippen LogP contribution is -2.29. The Morgan fingerprint density at radius 2 is 2.24 bits per heavy atom. The SMILES string of the molecule is COCc1nc2c(c(C3CCC3)n1)CNCC2. The predicted octanol–water partition coefficient (Wildman–Crippen LogP) is 1.54. The summed E-state index contributed by atoms with van der Waals surface area (Å²) in [6.07, 6.45) is 4.94. The normalized spacial score (nSPS) is 19.8. The Kier molecular flexibility index (Phi) is 3.07. The first-order valence-electron chi connectivity index (χ1n) is 6.46. The van der Waals surface area contributed by atoms with Crippen LogP contribution in [0.4, 0.5) is 0 Å². The summed E-state index contributed by atoms with van der Waals surface area (Å²) in [6, 6.07) is 0. The quantitative estimate of drug-likeness (QED) is 0.860. The van der Waals surface area contributed by atoms with E-state index in [0.29, 0.717) is 12.5 Å². The summed E-state index contributed by atoms with van der Waals surface area (Å²) in [7, 11) is 1.70. The summed E-state index contributed by atoms with van der Waals surface area (Å²) < 4.78 is 5.16. The fraction of sp³-hybridized carbons (Fsp3) is 0.692. The molecule has 0 saturated heterocycles. The Hall–Kier alpha value is -1.00. The van der Waals surface area contributed by atoms with Crippen molar-refractivity contribution in [2.45, 2.75) is 44.8 Å². The third-order valence-electron chi connectivity index (χ3n) is 3.78. The molecule has 4 nitrogen and oxygen atoms in total. The number of rotatable bonds is 3. The predicted molar refractivity (Wildman–Crippen MR) is 64.7 cm³/mol. The Morgan fingerprint density at radius 1 is 1.35 bits per heavy atom. The molecule has 0 atom stereocenters. The van der Waals surface area contributed by atoms with Crippen LogP contribution in [-0.2, 0) is 24.3 Å². The van der Waals surface area contributed by atoms with Crippen LogP contribution in [0.5, 0.6) is 0 Å². The molecule has 2 heterocycles. The minimum absolute atomic E-state index is 0.528. The summed E-state index contributed by atoms with van der Waals surface area (Å²) in [4.78, 5) is 9.35. The van der Waals surface area contributed by atoms with E-state index in [4.69, 9.17) is 9.72 Å². The van der Waals surface area contributed by atoms with Gasteiger partial charge in [0, 0.05) is 38.1 Å². The fourth-order valence-corrected chi connectivity index (χ4v) is 2.64. The molecule has 0 aromatic carbocycles. The van der Waals surface area contributed by atoms with Crippen molar-refractivity contribution >= 4 is 0 Å². The molecule has 0 spiro atoms. The van der Waals surface area contributed by atoms with Crippen molar-refractivity contribution in [1.82, 2.24) is 15.3 Å². The number of aromatic nitrogens is 2. The van der Waals surface area contributed by atoms with Crippen LogP contribution in [0.1, 0.15) is 48.0 Å². The zero-order valence-electron chi connectivity index (χ0n) is 10.3. The second-order valence-electron chi connectivity index (χ2n) is 4.94. The molecule has 1 aromatic rings. The van der Waals surface area contributed by atoms with Crippen molar-refractivity contribution in [3.63, 3.8) is 0 Å². The lowest BCUT2D eigenvalue weighted by atomic mass is 9.80. The van der Waals surface area contributed by atoms with Crippen LogP contribution in [0.25, 0.3) is 0 Å². The topological polar surface area (TPSA) is 47.0 Å². The van der Waals surface area contributed by atoms with Gasteiger partial charge in [0.15, 0.2) is 5.82 Å². The molecule has 0 unspecified atom stereocenters. The van der Waals surface area contributed by atoms with Crippen molar-refractivity contribution in [3.8, 4) is 0 Å². The third kappa shape index (κ3) is 2.07. The van der Waals surface area contributed by atoms with E-state index >= 15 is 0 Å². The second-order valence-corrected chi connectivity index (χ2v) is 4.94. The zero-order valence-corrected chi connectivity index (χ0v) is 10.3. The van der Waals surface area contributed by atoms with Gasteiger partial charge in [-0.25, -0.2) is 9.97 Å². The minimum atomic E-state index is 0.528. The largest absolute Gasteiger partial charge is 0.377 e. The summed E-state index contributed by atoms with van der Waals surface area (Å²) in [5.41, 5.74) is 3.90. The van der Waals surface area contributed by atoms with Gasteiger partial charge in [0.2, 0.25) is 0 Å². The number of methoxy groups -OCH3 is 1. The number of nitrogens with zero attached hydrogens (tertiary/aromatic N) is 2. The molecule has 1 aromatic heterocycles. The average molecular weight is 233 g/mol. The lowest BCUT2D eigenvalue weighted by Gasteiger charge is -2.29. The van der Waals surface area contributed by atoms with Gasteiger partial charge in [-0.05, 0) is 12.8 Å². The number of hydrogen-bond acceptors (Lipinski definition) is 4. The molecule has 0 radical (unpaired) electrons. The molecule has 1 N–H and O–H groups in total. The standard InChI is InChI=1S/C13H19N3O/c1-17-8-12-15-11-5-6-14-7-10(11)13(16-12)9-3-2-4-9/h9,14H,2-8H2,1H3. The molecule has 1 saturated carbocycles. The van der Waals surface area contributed by atoms with E-state index in [0.717, 1.165) is 25.3 Å². The first-order valence-corrected chi connectivity index (χ1v) is 6.46. The van der Waals surface area contributed by atoms with Gasteiger partial charge in [-0.15, -0.1) is 0 Å². The maximum Gasteiger partial charge on any atom is 0.154 e. The first kappa shape index (κ1) is 11.1. The van der Waals surface area contributed by atoms with Gasteiger partial charge in [0.25, 0.3) is 0 Å². The Balaban J connectivity index is 2.00. The summed E-state index contributed by atoms with van der Waals surface area (Å²) in [5, 5.41) is 3.42. The van der Waals surface area contributed by atoms with E-state index in [1.54, 1.807) is 7.11 Å². The van der Waals surface area contributed by atoms with E-state index < -0.39 is 0 Å². The van der Waals surface area contributed by atoms with Gasteiger partial charge >= 0.3 is 0 Å². The van der Waals surface area contributed by atoms with Gasteiger partial charge < -0.3 is 10.1 Å². The van der Waals surface area contributed by atoms with Crippen molar-refractivity contribution in [2.24, 2.45) is 0 Å². The molecule has 92 valence electrons. The Bertz CT molecular complexity index is 415. The molecule has 1 aliphatic carbocycles. The summed E-state index contributed by atoms with van der Waals surface area (Å²) in [5.74, 6) is 1.53. The van der Waals surface area contributed by atoms with E-state index in [1.165, 1.54) is 36.2 Å². The van der Waals surface area contributed by atoms with Crippen LogP contribution in [0, 0.1) is 0 Å². The molecule has 4 heteroatoms. The molecule has 1 fully saturated rings. The highest BCUT2D eigenvalue weighted by Crippen LogP contribution is 2.38. The average Bonchev–Trinajstić information content (AvgIpc) is 2.27. The molecule has 2 aliphatic rings. The first-order chi connectivity index (χ1) is 8.38. The highest BCUT2D eigenvalue weighted by Gasteiger charge is 2.27. The van der Waals surface area contributed by atoms with Crippen LogP contribution in [0.15, 0.2) is 0 Å². The minimum Gasteiger partial charge on any atom is -0.377 e. The van der Waals surface area contributed by atoms with Crippen molar-refractivity contribution in [2.75, 3.05) is 13.7 Å². The number of nitrogens with one attached hydrogen (secondary N) is 1. The number of ether oxygens (including phenoxy) is 1. The fourth-order valence-electron chi connectivity index (χ4n) is 2.64. The Morgan fingerprint density at radius 3 is 2.94 bits per heavy atom. The van der Waals surface area contributed by atoms with E-state index in [1.807, 2.05) is 0 Å². The van der Waals surface area contributed by atoms with E-state index in [-0.39, 0.29) is 0 Å². The van der Waals surface area contributed by atoms with Crippen LogP contribution >= 0.6 is 0 Å². The zero-order chi connectivity index (χ0) is 11.7. The van der Waals surface area contributed by atoms with Gasteiger partial charge in [0.1, 0.15) is 6.61 Å².